The molecule has 3 nitrogen and oxygen atoms in total. The molecule has 0 aromatic carbocycles. The Morgan fingerprint density at radius 3 is 3.00 bits per heavy atom. The molecule has 0 spiro atoms. The Morgan fingerprint density at radius 1 is 1.82 bits per heavy atom. The molecule has 2 N–H and O–H groups in total. The normalized spacial score (nSPS) is 30.6. The maximum atomic E-state index is 10.5. The van der Waals surface area contributed by atoms with E-state index in [-0.39, 0.29) is 6.04 Å². The molecule has 1 fully saturated rings. The van der Waals surface area contributed by atoms with Crippen LogP contribution in [0.15, 0.2) is 0 Å². The zero-order valence-corrected chi connectivity index (χ0v) is 7.36. The first-order valence-corrected chi connectivity index (χ1v) is 4.86. The minimum Gasteiger partial charge on any atom is -0.480 e. The Labute approximate surface area is 70.6 Å². The average molecular weight is 175 g/mol. The second-order valence-electron chi connectivity index (χ2n) is 2.61. The Balaban J connectivity index is 2.29. The topological polar surface area (TPSA) is 49.3 Å². The first-order chi connectivity index (χ1) is 5.24. The number of rotatable bonds is 3. The molecule has 0 bridgehead atoms. The van der Waals surface area contributed by atoms with Crippen molar-refractivity contribution in [1.82, 2.24) is 5.32 Å². The van der Waals surface area contributed by atoms with E-state index >= 15 is 0 Å². The molecule has 1 aliphatic heterocycles. The van der Waals surface area contributed by atoms with Crippen molar-refractivity contribution in [1.29, 1.82) is 0 Å². The number of hydrogen-bond donors (Lipinski definition) is 2. The van der Waals surface area contributed by atoms with Gasteiger partial charge in [-0.15, -0.1) is 0 Å². The largest absolute Gasteiger partial charge is 0.480 e. The van der Waals surface area contributed by atoms with Gasteiger partial charge in [-0.2, -0.15) is 11.8 Å². The minimum atomic E-state index is -0.718. The van der Waals surface area contributed by atoms with Crippen molar-refractivity contribution in [2.75, 3.05) is 12.3 Å². The lowest BCUT2D eigenvalue weighted by molar-refractivity contribution is -0.139. The van der Waals surface area contributed by atoms with Crippen LogP contribution in [-0.2, 0) is 4.79 Å². The summed E-state index contributed by atoms with van der Waals surface area (Å²) >= 11 is 1.83. The van der Waals surface area contributed by atoms with Crippen molar-refractivity contribution in [3.05, 3.63) is 0 Å². The summed E-state index contributed by atoms with van der Waals surface area (Å²) in [5, 5.41) is 12.1. The van der Waals surface area contributed by atoms with E-state index in [2.05, 4.69) is 12.2 Å². The first-order valence-electron chi connectivity index (χ1n) is 3.81. The van der Waals surface area contributed by atoms with Gasteiger partial charge >= 0.3 is 5.97 Å². The SMILES string of the molecule is CCSC1CNC(C(=O)O)C1. The summed E-state index contributed by atoms with van der Waals surface area (Å²) in [6, 6.07) is -0.306. The van der Waals surface area contributed by atoms with Crippen molar-refractivity contribution < 1.29 is 9.90 Å². The van der Waals surface area contributed by atoms with Crippen molar-refractivity contribution >= 4 is 17.7 Å². The molecule has 1 heterocycles. The molecule has 0 amide bonds. The van der Waals surface area contributed by atoms with Crippen molar-refractivity contribution in [3.8, 4) is 0 Å². The third kappa shape index (κ3) is 2.38. The van der Waals surface area contributed by atoms with Crippen LogP contribution in [0.3, 0.4) is 0 Å². The zero-order chi connectivity index (χ0) is 8.27. The zero-order valence-electron chi connectivity index (χ0n) is 6.54. The van der Waals surface area contributed by atoms with E-state index < -0.39 is 5.97 Å². The lowest BCUT2D eigenvalue weighted by atomic mass is 10.2. The summed E-state index contributed by atoms with van der Waals surface area (Å²) in [5.74, 6) is 0.350. The van der Waals surface area contributed by atoms with E-state index in [0.29, 0.717) is 5.25 Å². The van der Waals surface area contributed by atoms with Crippen LogP contribution < -0.4 is 5.32 Å². The lowest BCUT2D eigenvalue weighted by Crippen LogP contribution is -2.29. The van der Waals surface area contributed by atoms with Gasteiger partial charge in [-0.1, -0.05) is 6.92 Å². The predicted molar refractivity (Wildman–Crippen MR) is 46.0 cm³/mol. The average Bonchev–Trinajstić information content (AvgIpc) is 2.37. The fourth-order valence-electron chi connectivity index (χ4n) is 1.25. The van der Waals surface area contributed by atoms with E-state index in [1.165, 1.54) is 0 Å². The van der Waals surface area contributed by atoms with Gasteiger partial charge < -0.3 is 10.4 Å². The molecule has 0 aromatic rings. The molecular formula is C7H13NO2S. The van der Waals surface area contributed by atoms with Crippen LogP contribution in [0.1, 0.15) is 13.3 Å². The number of hydrogen-bond acceptors (Lipinski definition) is 3. The standard InChI is InChI=1S/C7H13NO2S/c1-2-11-5-3-6(7(9)10)8-4-5/h5-6,8H,2-4H2,1H3,(H,9,10). The molecule has 2 unspecified atom stereocenters. The molecular weight excluding hydrogens is 162 g/mol. The predicted octanol–water partition coefficient (Wildman–Crippen LogP) is 0.555. The monoisotopic (exact) mass is 175 g/mol. The highest BCUT2D eigenvalue weighted by molar-refractivity contribution is 7.99. The van der Waals surface area contributed by atoms with Gasteiger partial charge in [0.15, 0.2) is 0 Å². The summed E-state index contributed by atoms with van der Waals surface area (Å²) in [4.78, 5) is 10.5. The molecule has 2 atom stereocenters. The van der Waals surface area contributed by atoms with Gasteiger partial charge in [0, 0.05) is 11.8 Å². The smallest absolute Gasteiger partial charge is 0.320 e. The maximum Gasteiger partial charge on any atom is 0.320 e. The highest BCUT2D eigenvalue weighted by atomic mass is 32.2. The van der Waals surface area contributed by atoms with E-state index in [9.17, 15) is 4.79 Å². The van der Waals surface area contributed by atoms with E-state index in [1.807, 2.05) is 11.8 Å². The summed E-state index contributed by atoms with van der Waals surface area (Å²) in [6.07, 6.45) is 0.772. The molecule has 1 aliphatic rings. The molecule has 0 radical (unpaired) electrons. The number of carboxylic acid groups (broad SMARTS) is 1. The van der Waals surface area contributed by atoms with Gasteiger partial charge in [0.05, 0.1) is 0 Å². The van der Waals surface area contributed by atoms with Crippen LogP contribution >= 0.6 is 11.8 Å². The Morgan fingerprint density at radius 2 is 2.55 bits per heavy atom. The highest BCUT2D eigenvalue weighted by Gasteiger charge is 2.28. The van der Waals surface area contributed by atoms with Crippen LogP contribution in [0.25, 0.3) is 0 Å². The van der Waals surface area contributed by atoms with Gasteiger partial charge in [0.25, 0.3) is 0 Å². The van der Waals surface area contributed by atoms with E-state index in [0.717, 1.165) is 18.7 Å². The van der Waals surface area contributed by atoms with Gasteiger partial charge in [-0.3, -0.25) is 4.79 Å². The van der Waals surface area contributed by atoms with Gasteiger partial charge in [-0.05, 0) is 12.2 Å². The second-order valence-corrected chi connectivity index (χ2v) is 4.19. The van der Waals surface area contributed by atoms with Gasteiger partial charge in [-0.25, -0.2) is 0 Å². The summed E-state index contributed by atoms with van der Waals surface area (Å²) in [6.45, 7) is 2.94. The molecule has 11 heavy (non-hydrogen) atoms. The number of aliphatic carboxylic acids is 1. The second kappa shape index (κ2) is 3.97. The molecule has 0 aliphatic carbocycles. The Kier molecular flexibility index (Phi) is 3.20. The third-order valence-electron chi connectivity index (χ3n) is 1.79. The highest BCUT2D eigenvalue weighted by Crippen LogP contribution is 2.20. The Bertz CT molecular complexity index is 151. The molecule has 64 valence electrons. The van der Waals surface area contributed by atoms with E-state index in [1.54, 1.807) is 0 Å². The van der Waals surface area contributed by atoms with Crippen molar-refractivity contribution in [2.45, 2.75) is 24.6 Å². The summed E-state index contributed by atoms with van der Waals surface area (Å²) in [5.41, 5.74) is 0. The molecule has 0 aromatic heterocycles. The molecule has 1 rings (SSSR count). The minimum absolute atomic E-state index is 0.306. The number of carboxylic acids is 1. The maximum absolute atomic E-state index is 10.5. The quantitative estimate of drug-likeness (QED) is 0.658. The fraction of sp³-hybridized carbons (Fsp3) is 0.857. The number of carbonyl (C=O) groups is 1. The van der Waals surface area contributed by atoms with E-state index in [4.69, 9.17) is 5.11 Å². The number of thioether (sulfide) groups is 1. The molecule has 1 saturated heterocycles. The molecule has 0 saturated carbocycles. The summed E-state index contributed by atoms with van der Waals surface area (Å²) in [7, 11) is 0. The van der Waals surface area contributed by atoms with Crippen LogP contribution in [0.4, 0.5) is 0 Å². The third-order valence-corrected chi connectivity index (χ3v) is 2.95. The van der Waals surface area contributed by atoms with Gasteiger partial charge in [0.1, 0.15) is 6.04 Å². The lowest BCUT2D eigenvalue weighted by Gasteiger charge is -2.04. The number of nitrogens with one attached hydrogen (secondary N) is 1. The van der Waals surface area contributed by atoms with Crippen LogP contribution in [-0.4, -0.2) is 34.7 Å². The van der Waals surface area contributed by atoms with Crippen LogP contribution in [0.2, 0.25) is 0 Å². The van der Waals surface area contributed by atoms with Crippen LogP contribution in [0, 0.1) is 0 Å². The van der Waals surface area contributed by atoms with Gasteiger partial charge in [0.2, 0.25) is 0 Å². The summed E-state index contributed by atoms with van der Waals surface area (Å²) < 4.78 is 0. The van der Waals surface area contributed by atoms with Crippen molar-refractivity contribution in [2.24, 2.45) is 0 Å². The van der Waals surface area contributed by atoms with Crippen LogP contribution in [0.5, 0.6) is 0 Å². The molecule has 4 heteroatoms. The first kappa shape index (κ1) is 8.87. The fourth-order valence-corrected chi connectivity index (χ4v) is 2.27. The Hall–Kier alpha value is -0.220. The van der Waals surface area contributed by atoms with Crippen molar-refractivity contribution in [3.63, 3.8) is 0 Å².